The molecule has 1 aliphatic carbocycles. The van der Waals surface area contributed by atoms with Gasteiger partial charge in [0.1, 0.15) is 5.15 Å². The first-order valence-corrected chi connectivity index (χ1v) is 6.18. The Kier molecular flexibility index (Phi) is 2.49. The molecule has 2 heterocycles. The third-order valence-corrected chi connectivity index (χ3v) is 4.04. The first-order chi connectivity index (χ1) is 7.74. The molecule has 0 saturated carbocycles. The highest BCUT2D eigenvalue weighted by atomic mass is 35.5. The van der Waals surface area contributed by atoms with Gasteiger partial charge in [-0.15, -0.1) is 0 Å². The summed E-state index contributed by atoms with van der Waals surface area (Å²) in [5, 5.41) is 4.16. The maximum absolute atomic E-state index is 5.94. The second kappa shape index (κ2) is 3.86. The van der Waals surface area contributed by atoms with Crippen LogP contribution in [0.15, 0.2) is 18.3 Å². The minimum absolute atomic E-state index is 0.612. The van der Waals surface area contributed by atoms with Crippen LogP contribution in [-0.4, -0.2) is 17.6 Å². The highest BCUT2D eigenvalue weighted by molar-refractivity contribution is 6.30. The van der Waals surface area contributed by atoms with Crippen LogP contribution in [-0.2, 0) is 0 Å². The second-order valence-electron chi connectivity index (χ2n) is 4.74. The molecule has 0 bridgehead atoms. The van der Waals surface area contributed by atoms with E-state index >= 15 is 0 Å². The van der Waals surface area contributed by atoms with Gasteiger partial charge in [0.15, 0.2) is 0 Å². The number of nitrogens with one attached hydrogen (secondary N) is 1. The number of pyridine rings is 1. The third kappa shape index (κ3) is 1.66. The largest absolute Gasteiger partial charge is 0.313 e. The first-order valence-electron chi connectivity index (χ1n) is 5.80. The van der Waals surface area contributed by atoms with Crippen molar-refractivity contribution in [2.45, 2.75) is 25.8 Å². The van der Waals surface area contributed by atoms with Crippen LogP contribution >= 0.6 is 11.6 Å². The molecule has 0 aromatic carbocycles. The number of aromatic nitrogens is 1. The summed E-state index contributed by atoms with van der Waals surface area (Å²) in [6.45, 7) is 3.17. The predicted octanol–water partition coefficient (Wildman–Crippen LogP) is 2.81. The van der Waals surface area contributed by atoms with Crippen LogP contribution in [0.3, 0.4) is 0 Å². The standard InChI is InChI=1S/C13H15ClN2/c1-8-4-11(7-16-13(8)14)10-5-9-2-3-15-12(9)6-10/h4-5,7,9,12,15H,2-3,6H2,1H3/t9-,12+/m1/s1. The van der Waals surface area contributed by atoms with Crippen LogP contribution in [0.4, 0.5) is 0 Å². The molecule has 1 aromatic heterocycles. The van der Waals surface area contributed by atoms with Crippen molar-refractivity contribution in [1.82, 2.24) is 10.3 Å². The van der Waals surface area contributed by atoms with E-state index in [-0.39, 0.29) is 0 Å². The zero-order chi connectivity index (χ0) is 11.1. The molecule has 1 aromatic rings. The molecular formula is C13H15ClN2. The van der Waals surface area contributed by atoms with Gasteiger partial charge in [-0.1, -0.05) is 17.7 Å². The normalized spacial score (nSPS) is 28.0. The van der Waals surface area contributed by atoms with Gasteiger partial charge in [0.05, 0.1) is 0 Å². The summed E-state index contributed by atoms with van der Waals surface area (Å²) in [5.74, 6) is 0.728. The van der Waals surface area contributed by atoms with Crippen molar-refractivity contribution in [3.8, 4) is 0 Å². The number of fused-ring (bicyclic) bond motifs is 1. The Hall–Kier alpha value is -0.860. The summed E-state index contributed by atoms with van der Waals surface area (Å²) in [6, 6.07) is 2.80. The lowest BCUT2D eigenvalue weighted by Gasteiger charge is -2.09. The number of rotatable bonds is 1. The van der Waals surface area contributed by atoms with Gasteiger partial charge in [0.25, 0.3) is 0 Å². The van der Waals surface area contributed by atoms with Crippen molar-refractivity contribution in [3.63, 3.8) is 0 Å². The van der Waals surface area contributed by atoms with Gasteiger partial charge in [-0.25, -0.2) is 4.98 Å². The van der Waals surface area contributed by atoms with Crippen LogP contribution in [0.5, 0.6) is 0 Å². The lowest BCUT2D eigenvalue weighted by Crippen LogP contribution is -2.22. The van der Waals surface area contributed by atoms with Crippen molar-refractivity contribution >= 4 is 17.2 Å². The second-order valence-corrected chi connectivity index (χ2v) is 5.10. The van der Waals surface area contributed by atoms with Crippen molar-refractivity contribution < 1.29 is 0 Å². The van der Waals surface area contributed by atoms with E-state index in [4.69, 9.17) is 11.6 Å². The minimum Gasteiger partial charge on any atom is -0.313 e. The Bertz CT molecular complexity index is 453. The number of aryl methyl sites for hydroxylation is 1. The van der Waals surface area contributed by atoms with E-state index in [0.717, 1.165) is 24.4 Å². The quantitative estimate of drug-likeness (QED) is 0.756. The number of hydrogen-bond donors (Lipinski definition) is 1. The molecule has 1 N–H and O–H groups in total. The van der Waals surface area contributed by atoms with Gasteiger partial charge in [0, 0.05) is 12.2 Å². The summed E-state index contributed by atoms with van der Waals surface area (Å²) in [4.78, 5) is 4.22. The molecule has 3 heteroatoms. The number of hydrogen-bond acceptors (Lipinski definition) is 2. The highest BCUT2D eigenvalue weighted by Gasteiger charge is 2.31. The first kappa shape index (κ1) is 10.3. The van der Waals surface area contributed by atoms with E-state index in [1.807, 2.05) is 13.1 Å². The fraction of sp³-hybridized carbons (Fsp3) is 0.462. The average Bonchev–Trinajstić information content (AvgIpc) is 2.81. The van der Waals surface area contributed by atoms with E-state index < -0.39 is 0 Å². The van der Waals surface area contributed by atoms with Crippen molar-refractivity contribution in [1.29, 1.82) is 0 Å². The molecule has 2 aliphatic rings. The molecule has 3 rings (SSSR count). The van der Waals surface area contributed by atoms with Gasteiger partial charge in [0.2, 0.25) is 0 Å². The number of halogens is 1. The molecule has 0 radical (unpaired) electrons. The van der Waals surface area contributed by atoms with Gasteiger partial charge >= 0.3 is 0 Å². The number of nitrogens with zero attached hydrogens (tertiary/aromatic N) is 1. The Balaban J connectivity index is 1.90. The Morgan fingerprint density at radius 1 is 1.50 bits per heavy atom. The summed E-state index contributed by atoms with van der Waals surface area (Å²) in [6.07, 6.45) is 6.71. The van der Waals surface area contributed by atoms with Crippen LogP contribution in [0, 0.1) is 12.8 Å². The minimum atomic E-state index is 0.612. The van der Waals surface area contributed by atoms with Gasteiger partial charge in [-0.3, -0.25) is 0 Å². The van der Waals surface area contributed by atoms with Gasteiger partial charge in [-0.05, 0) is 55.0 Å². The molecule has 84 valence electrons. The molecule has 0 spiro atoms. The molecule has 2 atom stereocenters. The van der Waals surface area contributed by atoms with Crippen LogP contribution in [0.1, 0.15) is 24.0 Å². The van der Waals surface area contributed by atoms with Gasteiger partial charge < -0.3 is 5.32 Å². The smallest absolute Gasteiger partial charge is 0.131 e. The van der Waals surface area contributed by atoms with Crippen molar-refractivity contribution in [2.75, 3.05) is 6.54 Å². The fourth-order valence-corrected chi connectivity index (χ4v) is 2.83. The van der Waals surface area contributed by atoms with E-state index in [2.05, 4.69) is 22.4 Å². The summed E-state index contributed by atoms with van der Waals surface area (Å²) < 4.78 is 0. The van der Waals surface area contributed by atoms with Crippen molar-refractivity contribution in [3.05, 3.63) is 34.6 Å². The van der Waals surface area contributed by atoms with E-state index in [1.54, 1.807) is 0 Å². The molecule has 1 aliphatic heterocycles. The topological polar surface area (TPSA) is 24.9 Å². The van der Waals surface area contributed by atoms with E-state index in [1.165, 1.54) is 17.6 Å². The van der Waals surface area contributed by atoms with E-state index in [9.17, 15) is 0 Å². The van der Waals surface area contributed by atoms with E-state index in [0.29, 0.717) is 11.2 Å². The summed E-state index contributed by atoms with van der Waals surface area (Å²) in [7, 11) is 0. The molecule has 0 unspecified atom stereocenters. The van der Waals surface area contributed by atoms with Crippen molar-refractivity contribution in [2.24, 2.45) is 5.92 Å². The molecule has 0 amide bonds. The summed E-state index contributed by atoms with van der Waals surface area (Å²) >= 11 is 5.94. The molecule has 2 nitrogen and oxygen atoms in total. The van der Waals surface area contributed by atoms with Crippen LogP contribution in [0.2, 0.25) is 5.15 Å². The fourth-order valence-electron chi connectivity index (χ4n) is 2.72. The van der Waals surface area contributed by atoms with Crippen LogP contribution in [0.25, 0.3) is 5.57 Å². The maximum atomic E-state index is 5.94. The van der Waals surface area contributed by atoms with Crippen LogP contribution < -0.4 is 5.32 Å². The average molecular weight is 235 g/mol. The Morgan fingerprint density at radius 2 is 2.38 bits per heavy atom. The zero-order valence-corrected chi connectivity index (χ0v) is 10.1. The Labute approximate surface area is 101 Å². The SMILES string of the molecule is Cc1cc(C2=C[C@H]3CCN[C@H]3C2)cnc1Cl. The third-order valence-electron chi connectivity index (χ3n) is 3.64. The summed E-state index contributed by atoms with van der Waals surface area (Å²) in [5.41, 5.74) is 3.72. The highest BCUT2D eigenvalue weighted by Crippen LogP contribution is 2.36. The molecule has 16 heavy (non-hydrogen) atoms. The Morgan fingerprint density at radius 3 is 3.12 bits per heavy atom. The monoisotopic (exact) mass is 234 g/mol. The zero-order valence-electron chi connectivity index (χ0n) is 9.33. The molecule has 1 saturated heterocycles. The molecular weight excluding hydrogens is 220 g/mol. The predicted molar refractivity (Wildman–Crippen MR) is 66.5 cm³/mol. The maximum Gasteiger partial charge on any atom is 0.131 e. The lowest BCUT2D eigenvalue weighted by molar-refractivity contribution is 0.563. The lowest BCUT2D eigenvalue weighted by atomic mass is 10.0. The molecule has 1 fully saturated rings. The van der Waals surface area contributed by atoms with Gasteiger partial charge in [-0.2, -0.15) is 0 Å².